The van der Waals surface area contributed by atoms with Crippen LogP contribution in [0.4, 0.5) is 0 Å². The first kappa shape index (κ1) is 14.3. The van der Waals surface area contributed by atoms with Crippen molar-refractivity contribution in [3.8, 4) is 0 Å². The molecule has 4 nitrogen and oxygen atoms in total. The molecule has 0 aromatic heterocycles. The van der Waals surface area contributed by atoms with Crippen LogP contribution >= 0.6 is 11.6 Å². The van der Waals surface area contributed by atoms with Gasteiger partial charge in [0.15, 0.2) is 0 Å². The number of nitrogens with zero attached hydrogens (tertiary/aromatic N) is 2. The number of halogens is 1. The molecule has 1 heterocycles. The Morgan fingerprint density at radius 3 is 2.18 bits per heavy atom. The largest absolute Gasteiger partial charge is 0.341 e. The molecule has 2 amide bonds. The number of alkyl halides is 1. The molecule has 0 aliphatic carbocycles. The van der Waals surface area contributed by atoms with E-state index in [1.165, 1.54) is 0 Å². The standard InChI is InChI=1S/C12H21ClN2O2/c1-2-11(16)14-7-4-8-15(10-9-14)12(17)5-3-6-13/h2-10H2,1H3. The summed E-state index contributed by atoms with van der Waals surface area (Å²) in [5.41, 5.74) is 0. The first-order valence-electron chi connectivity index (χ1n) is 6.30. The molecule has 0 aromatic rings. The highest BCUT2D eigenvalue weighted by atomic mass is 35.5. The van der Waals surface area contributed by atoms with Crippen molar-refractivity contribution in [2.75, 3.05) is 32.1 Å². The molecule has 0 spiro atoms. The summed E-state index contributed by atoms with van der Waals surface area (Å²) >= 11 is 5.58. The lowest BCUT2D eigenvalue weighted by Gasteiger charge is -2.21. The van der Waals surface area contributed by atoms with Crippen molar-refractivity contribution in [3.63, 3.8) is 0 Å². The molecule has 0 N–H and O–H groups in total. The summed E-state index contributed by atoms with van der Waals surface area (Å²) in [5, 5.41) is 0. The van der Waals surface area contributed by atoms with Crippen LogP contribution < -0.4 is 0 Å². The van der Waals surface area contributed by atoms with Crippen LogP contribution in [-0.2, 0) is 9.59 Å². The molecule has 17 heavy (non-hydrogen) atoms. The highest BCUT2D eigenvalue weighted by molar-refractivity contribution is 6.17. The van der Waals surface area contributed by atoms with Gasteiger partial charge in [-0.2, -0.15) is 0 Å². The fraction of sp³-hybridized carbons (Fsp3) is 0.833. The number of carbonyl (C=O) groups excluding carboxylic acids is 2. The topological polar surface area (TPSA) is 40.6 Å². The minimum Gasteiger partial charge on any atom is -0.341 e. The molecule has 1 aliphatic heterocycles. The lowest BCUT2D eigenvalue weighted by Crippen LogP contribution is -2.37. The highest BCUT2D eigenvalue weighted by Gasteiger charge is 2.20. The summed E-state index contributed by atoms with van der Waals surface area (Å²) in [6.45, 7) is 4.73. The van der Waals surface area contributed by atoms with Crippen LogP contribution in [0.3, 0.4) is 0 Å². The predicted molar refractivity (Wildman–Crippen MR) is 68.0 cm³/mol. The summed E-state index contributed by atoms with van der Waals surface area (Å²) in [4.78, 5) is 27.1. The number of hydrogen-bond donors (Lipinski definition) is 0. The summed E-state index contributed by atoms with van der Waals surface area (Å²) in [6, 6.07) is 0. The van der Waals surface area contributed by atoms with Crippen molar-refractivity contribution < 1.29 is 9.59 Å². The smallest absolute Gasteiger partial charge is 0.222 e. The van der Waals surface area contributed by atoms with Crippen molar-refractivity contribution in [3.05, 3.63) is 0 Å². The zero-order valence-corrected chi connectivity index (χ0v) is 11.2. The fourth-order valence-electron chi connectivity index (χ4n) is 2.02. The Hall–Kier alpha value is -0.770. The van der Waals surface area contributed by atoms with Crippen molar-refractivity contribution in [2.45, 2.75) is 32.6 Å². The Morgan fingerprint density at radius 1 is 1.06 bits per heavy atom. The van der Waals surface area contributed by atoms with Gasteiger partial charge >= 0.3 is 0 Å². The van der Waals surface area contributed by atoms with Crippen LogP contribution in [0, 0.1) is 0 Å². The molecule has 5 heteroatoms. The van der Waals surface area contributed by atoms with Gasteiger partial charge in [0.1, 0.15) is 0 Å². The van der Waals surface area contributed by atoms with Gasteiger partial charge in [0.05, 0.1) is 0 Å². The second kappa shape index (κ2) is 7.54. The number of carbonyl (C=O) groups is 2. The zero-order chi connectivity index (χ0) is 12.7. The third-order valence-corrected chi connectivity index (χ3v) is 3.30. The monoisotopic (exact) mass is 260 g/mol. The molecule has 0 unspecified atom stereocenters. The number of amides is 2. The van der Waals surface area contributed by atoms with Gasteiger partial charge in [-0.25, -0.2) is 0 Å². The Kier molecular flexibility index (Phi) is 6.34. The maximum atomic E-state index is 11.8. The van der Waals surface area contributed by atoms with Gasteiger partial charge in [0, 0.05) is 44.9 Å². The van der Waals surface area contributed by atoms with Crippen molar-refractivity contribution in [1.29, 1.82) is 0 Å². The fourth-order valence-corrected chi connectivity index (χ4v) is 2.15. The Bertz CT molecular complexity index is 271. The molecule has 1 aliphatic rings. The Labute approximate surface area is 108 Å². The quantitative estimate of drug-likeness (QED) is 0.719. The van der Waals surface area contributed by atoms with Crippen LogP contribution in [0.2, 0.25) is 0 Å². The van der Waals surface area contributed by atoms with E-state index in [0.29, 0.717) is 31.8 Å². The van der Waals surface area contributed by atoms with E-state index in [4.69, 9.17) is 11.6 Å². The minimum atomic E-state index is 0.163. The lowest BCUT2D eigenvalue weighted by atomic mass is 10.3. The van der Waals surface area contributed by atoms with Gasteiger partial charge in [0.25, 0.3) is 0 Å². The van der Waals surface area contributed by atoms with E-state index in [0.717, 1.165) is 25.9 Å². The first-order valence-corrected chi connectivity index (χ1v) is 6.84. The van der Waals surface area contributed by atoms with Crippen LogP contribution in [0.15, 0.2) is 0 Å². The predicted octanol–water partition coefficient (Wildman–Crippen LogP) is 1.48. The summed E-state index contributed by atoms with van der Waals surface area (Å²) < 4.78 is 0. The molecule has 0 radical (unpaired) electrons. The summed E-state index contributed by atoms with van der Waals surface area (Å²) in [5.74, 6) is 0.872. The molecule has 0 aromatic carbocycles. The molecule has 0 atom stereocenters. The third kappa shape index (κ3) is 4.54. The second-order valence-electron chi connectivity index (χ2n) is 4.26. The van der Waals surface area contributed by atoms with Crippen molar-refractivity contribution in [2.24, 2.45) is 0 Å². The van der Waals surface area contributed by atoms with E-state index >= 15 is 0 Å². The normalized spacial score (nSPS) is 16.8. The van der Waals surface area contributed by atoms with Crippen LogP contribution in [0.25, 0.3) is 0 Å². The van der Waals surface area contributed by atoms with E-state index in [2.05, 4.69) is 0 Å². The molecular formula is C12H21ClN2O2. The molecule has 1 saturated heterocycles. The van der Waals surface area contributed by atoms with Gasteiger partial charge in [-0.1, -0.05) is 6.92 Å². The number of hydrogen-bond acceptors (Lipinski definition) is 2. The van der Waals surface area contributed by atoms with Crippen LogP contribution in [0.1, 0.15) is 32.6 Å². The first-order chi connectivity index (χ1) is 8.19. The zero-order valence-electron chi connectivity index (χ0n) is 10.5. The van der Waals surface area contributed by atoms with Gasteiger partial charge in [-0.05, 0) is 12.8 Å². The van der Waals surface area contributed by atoms with E-state index in [9.17, 15) is 9.59 Å². The average molecular weight is 261 g/mol. The van der Waals surface area contributed by atoms with Crippen LogP contribution in [-0.4, -0.2) is 53.7 Å². The molecule has 1 rings (SSSR count). The van der Waals surface area contributed by atoms with E-state index in [1.807, 2.05) is 16.7 Å². The van der Waals surface area contributed by atoms with Gasteiger partial charge in [-0.3, -0.25) is 9.59 Å². The van der Waals surface area contributed by atoms with Crippen molar-refractivity contribution >= 4 is 23.4 Å². The SMILES string of the molecule is CCC(=O)N1CCCN(C(=O)CCCCl)CC1. The molecular weight excluding hydrogens is 240 g/mol. The maximum absolute atomic E-state index is 11.8. The van der Waals surface area contributed by atoms with Gasteiger partial charge < -0.3 is 9.80 Å². The minimum absolute atomic E-state index is 0.163. The highest BCUT2D eigenvalue weighted by Crippen LogP contribution is 2.07. The molecule has 0 bridgehead atoms. The van der Waals surface area contributed by atoms with E-state index < -0.39 is 0 Å². The van der Waals surface area contributed by atoms with E-state index in [-0.39, 0.29) is 11.8 Å². The maximum Gasteiger partial charge on any atom is 0.222 e. The lowest BCUT2D eigenvalue weighted by molar-refractivity contribution is -0.133. The Morgan fingerprint density at radius 2 is 1.65 bits per heavy atom. The Balaban J connectivity index is 2.41. The third-order valence-electron chi connectivity index (χ3n) is 3.03. The van der Waals surface area contributed by atoms with Crippen LogP contribution in [0.5, 0.6) is 0 Å². The second-order valence-corrected chi connectivity index (χ2v) is 4.64. The summed E-state index contributed by atoms with van der Waals surface area (Å²) in [6.07, 6.45) is 2.66. The average Bonchev–Trinajstić information content (AvgIpc) is 2.60. The number of rotatable bonds is 4. The van der Waals surface area contributed by atoms with E-state index in [1.54, 1.807) is 0 Å². The van der Waals surface area contributed by atoms with Gasteiger partial charge in [-0.15, -0.1) is 11.6 Å². The molecule has 98 valence electrons. The van der Waals surface area contributed by atoms with Crippen molar-refractivity contribution in [1.82, 2.24) is 9.80 Å². The summed E-state index contributed by atoms with van der Waals surface area (Å²) in [7, 11) is 0. The molecule has 1 fully saturated rings. The van der Waals surface area contributed by atoms with Gasteiger partial charge in [0.2, 0.25) is 11.8 Å². The molecule has 0 saturated carbocycles.